The number of aliphatic hydroxyl groups excluding tert-OH is 1. The van der Waals surface area contributed by atoms with Crippen molar-refractivity contribution in [2.75, 3.05) is 12.0 Å². The monoisotopic (exact) mass is 459 g/mol. The minimum atomic E-state index is -0.738. The molecule has 4 bridgehead atoms. The summed E-state index contributed by atoms with van der Waals surface area (Å²) in [5, 5.41) is 11.2. The molecular formula is C26H37NO4S. The number of imide groups is 1. The normalized spacial score (nSPS) is 38.6. The SMILES string of the molecule is CSCCC1C(=O)/C(=C(/O)CC23CC4CC(CC(C4)C2)C3)C(=O)N1C(=O)C1CCCCC1. The number of rotatable bonds is 6. The first-order valence-corrected chi connectivity index (χ1v) is 14.1. The highest BCUT2D eigenvalue weighted by molar-refractivity contribution is 7.98. The van der Waals surface area contributed by atoms with Crippen molar-refractivity contribution in [3.05, 3.63) is 11.3 Å². The van der Waals surface area contributed by atoms with Crippen molar-refractivity contribution < 1.29 is 19.5 Å². The molecule has 5 nitrogen and oxygen atoms in total. The Morgan fingerprint density at radius 1 is 1.03 bits per heavy atom. The molecule has 0 radical (unpaired) electrons. The van der Waals surface area contributed by atoms with Crippen molar-refractivity contribution in [1.29, 1.82) is 0 Å². The number of aliphatic hydroxyl groups is 1. The number of ketones is 1. The van der Waals surface area contributed by atoms with Crippen LogP contribution in [0, 0.1) is 29.1 Å². The van der Waals surface area contributed by atoms with Gasteiger partial charge in [0.1, 0.15) is 17.4 Å². The maximum absolute atomic E-state index is 13.5. The molecule has 6 aliphatic rings. The van der Waals surface area contributed by atoms with Gasteiger partial charge in [-0.3, -0.25) is 19.3 Å². The summed E-state index contributed by atoms with van der Waals surface area (Å²) < 4.78 is 0. The molecule has 5 saturated carbocycles. The van der Waals surface area contributed by atoms with Gasteiger partial charge in [0.05, 0.1) is 0 Å². The third kappa shape index (κ3) is 3.95. The maximum atomic E-state index is 13.5. The average Bonchev–Trinajstić information content (AvgIpc) is 3.00. The third-order valence-corrected chi connectivity index (χ3v) is 9.72. The van der Waals surface area contributed by atoms with Gasteiger partial charge in [-0.25, -0.2) is 0 Å². The fraction of sp³-hybridized carbons (Fsp3) is 0.808. The van der Waals surface area contributed by atoms with Gasteiger partial charge in [-0.05, 0) is 93.0 Å². The van der Waals surface area contributed by atoms with Gasteiger partial charge in [0.25, 0.3) is 5.91 Å². The number of nitrogens with zero attached hydrogens (tertiary/aromatic N) is 1. The third-order valence-electron chi connectivity index (χ3n) is 9.08. The number of amides is 2. The minimum absolute atomic E-state index is 0.0324. The molecule has 1 saturated heterocycles. The smallest absolute Gasteiger partial charge is 0.268 e. The van der Waals surface area contributed by atoms with Crippen molar-refractivity contribution in [1.82, 2.24) is 4.90 Å². The van der Waals surface area contributed by atoms with Crippen LogP contribution in [0.2, 0.25) is 0 Å². The maximum Gasteiger partial charge on any atom is 0.268 e. The Kier molecular flexibility index (Phi) is 6.19. The summed E-state index contributed by atoms with van der Waals surface area (Å²) in [6.45, 7) is 0. The summed E-state index contributed by atoms with van der Waals surface area (Å²) in [6.07, 6.45) is 14.9. The average molecular weight is 460 g/mol. The number of carbonyl (C=O) groups is 3. The molecule has 1 heterocycles. The van der Waals surface area contributed by atoms with E-state index >= 15 is 0 Å². The van der Waals surface area contributed by atoms with Gasteiger partial charge in [-0.2, -0.15) is 11.8 Å². The Hall–Kier alpha value is -1.30. The second-order valence-corrected chi connectivity index (χ2v) is 12.4. The number of hydrogen-bond donors (Lipinski definition) is 1. The van der Waals surface area contributed by atoms with Crippen molar-refractivity contribution in [3.63, 3.8) is 0 Å². The zero-order chi connectivity index (χ0) is 22.5. The molecule has 6 fully saturated rings. The molecule has 1 aliphatic heterocycles. The van der Waals surface area contributed by atoms with E-state index in [0.29, 0.717) is 18.6 Å². The quantitative estimate of drug-likeness (QED) is 0.260. The van der Waals surface area contributed by atoms with Crippen molar-refractivity contribution >= 4 is 29.4 Å². The lowest BCUT2D eigenvalue weighted by Crippen LogP contribution is -2.46. The molecule has 6 heteroatoms. The Morgan fingerprint density at radius 3 is 2.19 bits per heavy atom. The summed E-state index contributed by atoms with van der Waals surface area (Å²) in [6, 6.07) is -0.738. The number of carbonyl (C=O) groups excluding carboxylic acids is 3. The van der Waals surface area contributed by atoms with Gasteiger partial charge < -0.3 is 5.11 Å². The fourth-order valence-corrected chi connectivity index (χ4v) is 8.62. The van der Waals surface area contributed by atoms with Crippen LogP contribution in [0.1, 0.15) is 83.5 Å². The van der Waals surface area contributed by atoms with Crippen LogP contribution in [0.15, 0.2) is 11.3 Å². The lowest BCUT2D eigenvalue weighted by Gasteiger charge is -2.57. The lowest BCUT2D eigenvalue weighted by molar-refractivity contribution is -0.147. The van der Waals surface area contributed by atoms with E-state index in [2.05, 4.69) is 0 Å². The van der Waals surface area contributed by atoms with Crippen molar-refractivity contribution in [2.45, 2.75) is 89.5 Å². The standard InChI is InChI=1S/C26H37NO4S/c1-32-8-7-20-23(29)22(25(31)27(20)24(30)19-5-3-2-4-6-19)21(28)15-26-12-16-9-17(13-26)11-18(10-16)14-26/h16-20,28H,2-15H2,1H3/b22-21-. The predicted molar refractivity (Wildman–Crippen MR) is 125 cm³/mol. The van der Waals surface area contributed by atoms with E-state index in [-0.39, 0.29) is 34.4 Å². The Bertz CT molecular complexity index is 792. The number of allylic oxidation sites excluding steroid dienone is 1. The van der Waals surface area contributed by atoms with Crippen LogP contribution in [0.4, 0.5) is 0 Å². The van der Waals surface area contributed by atoms with Gasteiger partial charge in [-0.15, -0.1) is 0 Å². The van der Waals surface area contributed by atoms with E-state index in [1.807, 2.05) is 6.26 Å². The van der Waals surface area contributed by atoms with Crippen LogP contribution in [-0.4, -0.2) is 45.7 Å². The first kappa shape index (κ1) is 22.5. The lowest BCUT2D eigenvalue weighted by atomic mass is 9.48. The molecule has 1 atom stereocenters. The topological polar surface area (TPSA) is 74.7 Å². The Morgan fingerprint density at radius 2 is 1.62 bits per heavy atom. The van der Waals surface area contributed by atoms with Gasteiger partial charge in [0.15, 0.2) is 5.78 Å². The Labute approximate surface area is 195 Å². The van der Waals surface area contributed by atoms with E-state index in [4.69, 9.17) is 0 Å². The van der Waals surface area contributed by atoms with Gasteiger partial charge >= 0.3 is 0 Å². The molecule has 176 valence electrons. The number of thioether (sulfide) groups is 1. The molecule has 0 aromatic rings. The zero-order valence-corrected chi connectivity index (χ0v) is 20.1. The summed E-state index contributed by atoms with van der Waals surface area (Å²) in [5.74, 6) is 1.70. The van der Waals surface area contributed by atoms with Gasteiger partial charge in [0, 0.05) is 12.3 Å². The highest BCUT2D eigenvalue weighted by atomic mass is 32.2. The molecule has 0 aromatic carbocycles. The first-order valence-electron chi connectivity index (χ1n) is 12.7. The van der Waals surface area contributed by atoms with E-state index in [0.717, 1.165) is 69.1 Å². The summed E-state index contributed by atoms with van der Waals surface area (Å²) in [7, 11) is 0. The molecule has 32 heavy (non-hydrogen) atoms. The zero-order valence-electron chi connectivity index (χ0n) is 19.3. The molecule has 1 unspecified atom stereocenters. The molecular weight excluding hydrogens is 422 g/mol. The molecule has 1 N–H and O–H groups in total. The van der Waals surface area contributed by atoms with Gasteiger partial charge in [0.2, 0.25) is 5.91 Å². The summed E-state index contributed by atoms with van der Waals surface area (Å²) >= 11 is 1.62. The van der Waals surface area contributed by atoms with Crippen LogP contribution in [0.3, 0.4) is 0 Å². The molecule has 0 aromatic heterocycles. The highest BCUT2D eigenvalue weighted by Crippen LogP contribution is 2.62. The highest BCUT2D eigenvalue weighted by Gasteiger charge is 2.53. The fourth-order valence-electron chi connectivity index (χ4n) is 8.16. The molecule has 0 spiro atoms. The van der Waals surface area contributed by atoms with Crippen molar-refractivity contribution in [3.8, 4) is 0 Å². The van der Waals surface area contributed by atoms with Crippen molar-refractivity contribution in [2.24, 2.45) is 29.1 Å². The van der Waals surface area contributed by atoms with Crippen LogP contribution in [0.25, 0.3) is 0 Å². The minimum Gasteiger partial charge on any atom is -0.511 e. The summed E-state index contributed by atoms with van der Waals surface area (Å²) in [5.41, 5.74) is -0.0295. The van der Waals surface area contributed by atoms with Crippen LogP contribution in [0.5, 0.6) is 0 Å². The van der Waals surface area contributed by atoms with E-state index in [9.17, 15) is 19.5 Å². The number of likely N-dealkylation sites (tertiary alicyclic amines) is 1. The van der Waals surface area contributed by atoms with E-state index < -0.39 is 11.9 Å². The summed E-state index contributed by atoms with van der Waals surface area (Å²) in [4.78, 5) is 41.5. The Balaban J connectivity index is 1.41. The van der Waals surface area contributed by atoms with E-state index in [1.54, 1.807) is 11.8 Å². The predicted octanol–water partition coefficient (Wildman–Crippen LogP) is 5.04. The first-order chi connectivity index (χ1) is 15.4. The van der Waals surface area contributed by atoms with Crippen LogP contribution >= 0.6 is 11.8 Å². The van der Waals surface area contributed by atoms with Crippen LogP contribution in [-0.2, 0) is 14.4 Å². The number of hydrogen-bond acceptors (Lipinski definition) is 5. The second kappa shape index (κ2) is 8.81. The van der Waals surface area contributed by atoms with Gasteiger partial charge in [-0.1, -0.05) is 19.3 Å². The largest absolute Gasteiger partial charge is 0.511 e. The molecule has 6 rings (SSSR count). The molecule has 2 amide bonds. The van der Waals surface area contributed by atoms with Crippen LogP contribution < -0.4 is 0 Å². The number of Topliss-reactive ketones (excluding diaryl/α,β-unsaturated/α-hetero) is 1. The molecule has 5 aliphatic carbocycles. The second-order valence-electron chi connectivity index (χ2n) is 11.4. The van der Waals surface area contributed by atoms with E-state index in [1.165, 1.54) is 24.2 Å².